The molecule has 2 nitrogen and oxygen atoms in total. The standard InChI is InChI=1S/C9H12N2S/c1-8(2)12-11-10-9-6-4-3-5-7-9/h3-8H,1-2H3/b11-10+. The zero-order valence-electron chi connectivity index (χ0n) is 7.27. The van der Waals surface area contributed by atoms with E-state index in [1.807, 2.05) is 30.3 Å². The Morgan fingerprint density at radius 3 is 2.42 bits per heavy atom. The maximum absolute atomic E-state index is 4.03. The second kappa shape index (κ2) is 4.93. The summed E-state index contributed by atoms with van der Waals surface area (Å²) in [6, 6.07) is 9.74. The Kier molecular flexibility index (Phi) is 3.80. The highest BCUT2D eigenvalue weighted by atomic mass is 32.2. The molecule has 0 aromatic heterocycles. The van der Waals surface area contributed by atoms with Gasteiger partial charge in [-0.3, -0.25) is 0 Å². The first-order valence-electron chi connectivity index (χ1n) is 3.91. The Bertz CT molecular complexity index is 244. The summed E-state index contributed by atoms with van der Waals surface area (Å²) < 4.78 is 3.98. The van der Waals surface area contributed by atoms with Gasteiger partial charge in [-0.1, -0.05) is 32.0 Å². The Hall–Kier alpha value is -0.830. The highest BCUT2D eigenvalue weighted by molar-refractivity contribution is 7.98. The molecule has 12 heavy (non-hydrogen) atoms. The van der Waals surface area contributed by atoms with Crippen molar-refractivity contribution in [3.8, 4) is 0 Å². The maximum atomic E-state index is 4.03. The van der Waals surface area contributed by atoms with Gasteiger partial charge >= 0.3 is 0 Å². The van der Waals surface area contributed by atoms with E-state index in [1.54, 1.807) is 0 Å². The van der Waals surface area contributed by atoms with Gasteiger partial charge in [-0.25, -0.2) is 0 Å². The number of nitrogens with zero attached hydrogens (tertiary/aromatic N) is 2. The molecule has 0 amide bonds. The molecule has 0 aliphatic heterocycles. The smallest absolute Gasteiger partial charge is 0.0863 e. The van der Waals surface area contributed by atoms with Crippen LogP contribution in [-0.2, 0) is 0 Å². The minimum Gasteiger partial charge on any atom is -0.144 e. The fraction of sp³-hybridized carbons (Fsp3) is 0.333. The molecule has 0 N–H and O–H groups in total. The van der Waals surface area contributed by atoms with Crippen molar-refractivity contribution in [2.75, 3.05) is 0 Å². The van der Waals surface area contributed by atoms with E-state index in [4.69, 9.17) is 0 Å². The molecule has 0 saturated carbocycles. The van der Waals surface area contributed by atoms with Gasteiger partial charge in [0.15, 0.2) is 0 Å². The van der Waals surface area contributed by atoms with Crippen molar-refractivity contribution in [2.45, 2.75) is 19.1 Å². The lowest BCUT2D eigenvalue weighted by atomic mass is 10.3. The van der Waals surface area contributed by atoms with Crippen LogP contribution in [0, 0.1) is 0 Å². The lowest BCUT2D eigenvalue weighted by Gasteiger charge is -1.94. The Labute approximate surface area is 77.2 Å². The molecule has 0 fully saturated rings. The first-order valence-corrected chi connectivity index (χ1v) is 4.74. The summed E-state index contributed by atoms with van der Waals surface area (Å²) in [5.74, 6) is 0. The van der Waals surface area contributed by atoms with Crippen LogP contribution in [0.25, 0.3) is 0 Å². The largest absolute Gasteiger partial charge is 0.144 e. The van der Waals surface area contributed by atoms with Crippen LogP contribution in [-0.4, -0.2) is 5.25 Å². The molecule has 0 aliphatic rings. The average molecular weight is 180 g/mol. The molecule has 1 rings (SSSR count). The van der Waals surface area contributed by atoms with Gasteiger partial charge in [0.2, 0.25) is 0 Å². The van der Waals surface area contributed by atoms with Gasteiger partial charge in [0.25, 0.3) is 0 Å². The van der Waals surface area contributed by atoms with Gasteiger partial charge in [-0.15, -0.1) is 9.63 Å². The third kappa shape index (κ3) is 3.53. The first kappa shape index (κ1) is 9.26. The molecule has 0 aliphatic carbocycles. The van der Waals surface area contributed by atoms with Crippen LogP contribution in [0.5, 0.6) is 0 Å². The molecule has 1 aromatic carbocycles. The second-order valence-corrected chi connectivity index (χ2v) is 3.99. The van der Waals surface area contributed by atoms with Crippen LogP contribution in [0.15, 0.2) is 40.0 Å². The molecule has 0 heterocycles. The van der Waals surface area contributed by atoms with E-state index < -0.39 is 0 Å². The number of hydrogen-bond acceptors (Lipinski definition) is 3. The van der Waals surface area contributed by atoms with Crippen LogP contribution >= 0.6 is 11.9 Å². The predicted molar refractivity (Wildman–Crippen MR) is 53.7 cm³/mol. The van der Waals surface area contributed by atoms with Crippen LogP contribution < -0.4 is 0 Å². The molecule has 3 heteroatoms. The van der Waals surface area contributed by atoms with Gasteiger partial charge in [0, 0.05) is 17.2 Å². The van der Waals surface area contributed by atoms with E-state index in [2.05, 4.69) is 23.5 Å². The third-order valence-electron chi connectivity index (χ3n) is 1.17. The summed E-state index contributed by atoms with van der Waals surface area (Å²) in [6.45, 7) is 4.18. The fourth-order valence-electron chi connectivity index (χ4n) is 0.660. The van der Waals surface area contributed by atoms with Crippen molar-refractivity contribution in [3.63, 3.8) is 0 Å². The van der Waals surface area contributed by atoms with Gasteiger partial charge in [-0.05, 0) is 12.1 Å². The molecular formula is C9H12N2S. The van der Waals surface area contributed by atoms with E-state index in [9.17, 15) is 0 Å². The minimum atomic E-state index is 0.498. The zero-order valence-corrected chi connectivity index (χ0v) is 8.08. The van der Waals surface area contributed by atoms with Gasteiger partial charge in [0.1, 0.15) is 0 Å². The fourth-order valence-corrected chi connectivity index (χ4v) is 0.990. The number of benzene rings is 1. The molecule has 0 radical (unpaired) electrons. The topological polar surface area (TPSA) is 24.7 Å². The SMILES string of the molecule is CC(C)S/N=N/c1ccccc1. The van der Waals surface area contributed by atoms with Crippen LogP contribution in [0.4, 0.5) is 5.69 Å². The lowest BCUT2D eigenvalue weighted by molar-refractivity contribution is 1.11. The van der Waals surface area contributed by atoms with E-state index in [0.29, 0.717) is 5.25 Å². The molecule has 0 bridgehead atoms. The van der Waals surface area contributed by atoms with E-state index in [0.717, 1.165) is 5.69 Å². The molecule has 0 spiro atoms. The third-order valence-corrected chi connectivity index (χ3v) is 1.77. The molecule has 0 unspecified atom stereocenters. The van der Waals surface area contributed by atoms with E-state index in [-0.39, 0.29) is 0 Å². The second-order valence-electron chi connectivity index (χ2n) is 2.67. The Morgan fingerprint density at radius 1 is 1.17 bits per heavy atom. The van der Waals surface area contributed by atoms with Crippen molar-refractivity contribution in [1.29, 1.82) is 0 Å². The first-order chi connectivity index (χ1) is 5.79. The number of rotatable bonds is 3. The normalized spacial score (nSPS) is 11.2. The van der Waals surface area contributed by atoms with Crippen molar-refractivity contribution in [2.24, 2.45) is 9.63 Å². The Morgan fingerprint density at radius 2 is 1.83 bits per heavy atom. The highest BCUT2D eigenvalue weighted by Gasteiger charge is 1.90. The summed E-state index contributed by atoms with van der Waals surface area (Å²) in [5, 5.41) is 4.53. The summed E-state index contributed by atoms with van der Waals surface area (Å²) >= 11 is 1.48. The monoisotopic (exact) mass is 180 g/mol. The van der Waals surface area contributed by atoms with E-state index in [1.165, 1.54) is 11.9 Å². The summed E-state index contributed by atoms with van der Waals surface area (Å²) in [4.78, 5) is 0. The molecule has 0 saturated heterocycles. The molecule has 1 aromatic rings. The van der Waals surface area contributed by atoms with Crippen LogP contribution in [0.1, 0.15) is 13.8 Å². The Balaban J connectivity index is 2.47. The van der Waals surface area contributed by atoms with Crippen molar-refractivity contribution < 1.29 is 0 Å². The quantitative estimate of drug-likeness (QED) is 0.512. The van der Waals surface area contributed by atoms with Crippen molar-refractivity contribution in [1.82, 2.24) is 0 Å². The predicted octanol–water partition coefficient (Wildman–Crippen LogP) is 3.83. The molecule has 64 valence electrons. The van der Waals surface area contributed by atoms with Gasteiger partial charge in [-0.2, -0.15) is 0 Å². The molecular weight excluding hydrogens is 168 g/mol. The van der Waals surface area contributed by atoms with Crippen molar-refractivity contribution >= 4 is 17.6 Å². The van der Waals surface area contributed by atoms with Crippen LogP contribution in [0.2, 0.25) is 0 Å². The summed E-state index contributed by atoms with van der Waals surface area (Å²) in [7, 11) is 0. The summed E-state index contributed by atoms with van der Waals surface area (Å²) in [6.07, 6.45) is 0. The minimum absolute atomic E-state index is 0.498. The lowest BCUT2D eigenvalue weighted by Crippen LogP contribution is -1.79. The maximum Gasteiger partial charge on any atom is 0.0863 e. The zero-order chi connectivity index (χ0) is 8.81. The summed E-state index contributed by atoms with van der Waals surface area (Å²) in [5.41, 5.74) is 0.908. The van der Waals surface area contributed by atoms with Gasteiger partial charge < -0.3 is 0 Å². The highest BCUT2D eigenvalue weighted by Crippen LogP contribution is 2.16. The average Bonchev–Trinajstić information content (AvgIpc) is 2.05. The molecule has 0 atom stereocenters. The number of hydrogen-bond donors (Lipinski definition) is 0. The van der Waals surface area contributed by atoms with Crippen molar-refractivity contribution in [3.05, 3.63) is 30.3 Å². The van der Waals surface area contributed by atoms with Gasteiger partial charge in [0.05, 0.1) is 5.69 Å². The van der Waals surface area contributed by atoms with E-state index >= 15 is 0 Å². The van der Waals surface area contributed by atoms with Crippen LogP contribution in [0.3, 0.4) is 0 Å².